The normalized spacial score (nSPS) is 12.1. The number of rotatable bonds is 4. The first-order valence-electron chi connectivity index (χ1n) is 4.13. The van der Waals surface area contributed by atoms with Crippen LogP contribution in [-0.4, -0.2) is 12.2 Å². The van der Waals surface area contributed by atoms with E-state index in [9.17, 15) is 9.59 Å². The van der Waals surface area contributed by atoms with Gasteiger partial charge in [0.05, 0.1) is 5.92 Å². The highest BCUT2D eigenvalue weighted by atomic mass is 35.5. The Morgan fingerprint density at radius 1 is 1.57 bits per heavy atom. The monoisotopic (exact) mass is 211 g/mol. The van der Waals surface area contributed by atoms with Gasteiger partial charge >= 0.3 is 0 Å². The summed E-state index contributed by atoms with van der Waals surface area (Å²) in [7, 11) is 0. The summed E-state index contributed by atoms with van der Waals surface area (Å²) in [6.07, 6.45) is 0.770. The van der Waals surface area contributed by atoms with E-state index in [0.29, 0.717) is 16.9 Å². The van der Waals surface area contributed by atoms with Gasteiger partial charge in [0.15, 0.2) is 0 Å². The number of benzene rings is 1. The average Bonchev–Trinajstić information content (AvgIpc) is 2.13. The zero-order chi connectivity index (χ0) is 10.6. The third-order valence-electron chi connectivity index (χ3n) is 1.93. The molecular weight excluding hydrogens is 202 g/mol. The van der Waals surface area contributed by atoms with Crippen LogP contribution < -0.4 is 5.73 Å². The number of carbonyl (C=O) groups excluding carboxylic acids is 2. The van der Waals surface area contributed by atoms with Crippen LogP contribution in [0.4, 0.5) is 0 Å². The highest BCUT2D eigenvalue weighted by Gasteiger charge is 2.17. The van der Waals surface area contributed by atoms with Gasteiger partial charge in [0.1, 0.15) is 6.29 Å². The van der Waals surface area contributed by atoms with Crippen molar-refractivity contribution in [1.82, 2.24) is 0 Å². The van der Waals surface area contributed by atoms with Gasteiger partial charge in [-0.25, -0.2) is 0 Å². The fraction of sp³-hybridized carbons (Fsp3) is 0.200. The van der Waals surface area contributed by atoms with Crippen LogP contribution >= 0.6 is 11.6 Å². The zero-order valence-corrected chi connectivity index (χ0v) is 8.20. The van der Waals surface area contributed by atoms with E-state index in [4.69, 9.17) is 17.3 Å². The van der Waals surface area contributed by atoms with E-state index in [1.807, 2.05) is 0 Å². The Kier molecular flexibility index (Phi) is 3.65. The molecule has 1 aromatic carbocycles. The Morgan fingerprint density at radius 2 is 2.29 bits per heavy atom. The van der Waals surface area contributed by atoms with Gasteiger partial charge in [-0.3, -0.25) is 4.79 Å². The highest BCUT2D eigenvalue weighted by Crippen LogP contribution is 2.21. The number of halogens is 1. The predicted molar refractivity (Wildman–Crippen MR) is 54.1 cm³/mol. The first-order valence-corrected chi connectivity index (χ1v) is 4.51. The van der Waals surface area contributed by atoms with Gasteiger partial charge in [0.25, 0.3) is 0 Å². The van der Waals surface area contributed by atoms with Crippen LogP contribution in [0.3, 0.4) is 0 Å². The maximum Gasteiger partial charge on any atom is 0.225 e. The summed E-state index contributed by atoms with van der Waals surface area (Å²) in [5.41, 5.74) is 5.84. The summed E-state index contributed by atoms with van der Waals surface area (Å²) in [4.78, 5) is 21.4. The first-order chi connectivity index (χ1) is 6.65. The van der Waals surface area contributed by atoms with E-state index in [2.05, 4.69) is 0 Å². The summed E-state index contributed by atoms with van der Waals surface area (Å²) >= 11 is 5.75. The van der Waals surface area contributed by atoms with Crippen molar-refractivity contribution in [2.45, 2.75) is 12.3 Å². The van der Waals surface area contributed by atoms with Crippen LogP contribution in [-0.2, 0) is 9.59 Å². The predicted octanol–water partition coefficient (Wildman–Crippen LogP) is 1.50. The quantitative estimate of drug-likeness (QED) is 0.768. The van der Waals surface area contributed by atoms with Crippen molar-refractivity contribution in [3.8, 4) is 0 Å². The van der Waals surface area contributed by atoms with Crippen molar-refractivity contribution in [2.24, 2.45) is 5.73 Å². The van der Waals surface area contributed by atoms with Gasteiger partial charge in [0, 0.05) is 11.4 Å². The van der Waals surface area contributed by atoms with Crippen molar-refractivity contribution in [1.29, 1.82) is 0 Å². The Balaban J connectivity index is 2.98. The lowest BCUT2D eigenvalue weighted by Gasteiger charge is -2.10. The van der Waals surface area contributed by atoms with Crippen LogP contribution in [0, 0.1) is 0 Å². The van der Waals surface area contributed by atoms with Gasteiger partial charge in [-0.15, -0.1) is 0 Å². The lowest BCUT2D eigenvalue weighted by atomic mass is 9.96. The summed E-state index contributed by atoms with van der Waals surface area (Å²) in [5.74, 6) is -1.09. The molecule has 2 N–H and O–H groups in total. The summed E-state index contributed by atoms with van der Waals surface area (Å²) in [6.45, 7) is 0. The Hall–Kier alpha value is -1.35. The van der Waals surface area contributed by atoms with Gasteiger partial charge in [0.2, 0.25) is 5.91 Å². The van der Waals surface area contributed by atoms with Gasteiger partial charge in [-0.1, -0.05) is 23.7 Å². The molecule has 0 aromatic heterocycles. The molecule has 1 atom stereocenters. The molecule has 1 unspecified atom stereocenters. The fourth-order valence-electron chi connectivity index (χ4n) is 1.24. The van der Waals surface area contributed by atoms with Crippen molar-refractivity contribution >= 4 is 23.8 Å². The first kappa shape index (κ1) is 10.7. The molecule has 1 aromatic rings. The third kappa shape index (κ3) is 2.57. The number of primary amides is 1. The molecule has 0 aliphatic rings. The standard InChI is InChI=1S/C10H10ClNO2/c11-8-3-1-2-7(6-8)9(4-5-13)10(12)14/h1-3,5-6,9H,4H2,(H2,12,14). The van der Waals surface area contributed by atoms with Crippen molar-refractivity contribution < 1.29 is 9.59 Å². The molecule has 14 heavy (non-hydrogen) atoms. The molecule has 0 spiro atoms. The number of hydrogen-bond donors (Lipinski definition) is 1. The summed E-state index contributed by atoms with van der Waals surface area (Å²) < 4.78 is 0. The van der Waals surface area contributed by atoms with Crippen LogP contribution in [0.15, 0.2) is 24.3 Å². The number of hydrogen-bond acceptors (Lipinski definition) is 2. The van der Waals surface area contributed by atoms with Crippen LogP contribution in [0.1, 0.15) is 17.9 Å². The van der Waals surface area contributed by atoms with E-state index in [-0.39, 0.29) is 6.42 Å². The molecule has 0 aliphatic carbocycles. The van der Waals surface area contributed by atoms with E-state index < -0.39 is 11.8 Å². The van der Waals surface area contributed by atoms with Crippen molar-refractivity contribution in [2.75, 3.05) is 0 Å². The minimum atomic E-state index is -0.578. The lowest BCUT2D eigenvalue weighted by molar-refractivity contribution is -0.121. The smallest absolute Gasteiger partial charge is 0.225 e. The molecule has 0 bridgehead atoms. The van der Waals surface area contributed by atoms with Gasteiger partial charge in [-0.2, -0.15) is 0 Å². The molecule has 0 aliphatic heterocycles. The number of carbonyl (C=O) groups is 2. The van der Waals surface area contributed by atoms with Crippen LogP contribution in [0.25, 0.3) is 0 Å². The van der Waals surface area contributed by atoms with Gasteiger partial charge < -0.3 is 10.5 Å². The second kappa shape index (κ2) is 4.77. The minimum absolute atomic E-state index is 0.0929. The highest BCUT2D eigenvalue weighted by molar-refractivity contribution is 6.30. The lowest BCUT2D eigenvalue weighted by Crippen LogP contribution is -2.21. The molecule has 0 fully saturated rings. The fourth-order valence-corrected chi connectivity index (χ4v) is 1.43. The Morgan fingerprint density at radius 3 is 2.79 bits per heavy atom. The molecular formula is C10H10ClNO2. The van der Waals surface area contributed by atoms with Crippen LogP contribution in [0.2, 0.25) is 5.02 Å². The molecule has 4 heteroatoms. The summed E-state index contributed by atoms with van der Waals surface area (Å²) in [5, 5.41) is 0.527. The molecule has 1 rings (SSSR count). The SMILES string of the molecule is NC(=O)C(CC=O)c1cccc(Cl)c1. The van der Waals surface area contributed by atoms with Crippen molar-refractivity contribution in [3.63, 3.8) is 0 Å². The number of amides is 1. The minimum Gasteiger partial charge on any atom is -0.369 e. The number of nitrogens with two attached hydrogens (primary N) is 1. The molecule has 0 saturated heterocycles. The maximum absolute atomic E-state index is 11.0. The zero-order valence-electron chi connectivity index (χ0n) is 7.44. The van der Waals surface area contributed by atoms with E-state index in [0.717, 1.165) is 0 Å². The third-order valence-corrected chi connectivity index (χ3v) is 2.16. The molecule has 0 heterocycles. The van der Waals surface area contributed by atoms with E-state index in [1.165, 1.54) is 0 Å². The van der Waals surface area contributed by atoms with Gasteiger partial charge in [-0.05, 0) is 17.7 Å². The molecule has 3 nitrogen and oxygen atoms in total. The second-order valence-electron chi connectivity index (χ2n) is 2.91. The molecule has 1 amide bonds. The van der Waals surface area contributed by atoms with E-state index in [1.54, 1.807) is 24.3 Å². The molecule has 0 radical (unpaired) electrons. The largest absolute Gasteiger partial charge is 0.369 e. The summed E-state index contributed by atoms with van der Waals surface area (Å²) in [6, 6.07) is 6.79. The Labute approximate surface area is 86.9 Å². The van der Waals surface area contributed by atoms with Crippen LogP contribution in [0.5, 0.6) is 0 Å². The number of aldehydes is 1. The second-order valence-corrected chi connectivity index (χ2v) is 3.35. The van der Waals surface area contributed by atoms with Crippen molar-refractivity contribution in [3.05, 3.63) is 34.9 Å². The average molecular weight is 212 g/mol. The van der Waals surface area contributed by atoms with E-state index >= 15 is 0 Å². The molecule has 0 saturated carbocycles. The molecule has 74 valence electrons. The Bertz CT molecular complexity index is 352. The maximum atomic E-state index is 11.0. The topological polar surface area (TPSA) is 60.2 Å².